The predicted molar refractivity (Wildman–Crippen MR) is 113 cm³/mol. The summed E-state index contributed by atoms with van der Waals surface area (Å²) in [5.74, 6) is 1.30. The summed E-state index contributed by atoms with van der Waals surface area (Å²) in [5.41, 5.74) is 1.58. The van der Waals surface area contributed by atoms with Gasteiger partial charge in [0.1, 0.15) is 30.2 Å². The van der Waals surface area contributed by atoms with Crippen molar-refractivity contribution in [1.82, 2.24) is 24.7 Å². The third-order valence-electron chi connectivity index (χ3n) is 4.93. The summed E-state index contributed by atoms with van der Waals surface area (Å²) >= 11 is 0. The average Bonchev–Trinajstić information content (AvgIpc) is 3.21. The van der Waals surface area contributed by atoms with E-state index in [1.807, 2.05) is 42.5 Å². The van der Waals surface area contributed by atoms with Crippen molar-refractivity contribution in [1.29, 1.82) is 0 Å². The van der Waals surface area contributed by atoms with Crippen LogP contribution in [0.4, 0.5) is 4.39 Å². The minimum absolute atomic E-state index is 0.292. The molecule has 0 radical (unpaired) electrons. The third-order valence-corrected chi connectivity index (χ3v) is 4.93. The molecule has 156 valence electrons. The number of halogens is 1. The lowest BCUT2D eigenvalue weighted by Crippen LogP contribution is -2.08. The van der Waals surface area contributed by atoms with Crippen LogP contribution in [0.3, 0.4) is 0 Å². The predicted octanol–water partition coefficient (Wildman–Crippen LogP) is 4.20. The van der Waals surface area contributed by atoms with Crippen LogP contribution in [0.25, 0.3) is 16.9 Å². The lowest BCUT2D eigenvalue weighted by molar-refractivity contribution is 0.296. The van der Waals surface area contributed by atoms with Gasteiger partial charge in [-0.3, -0.25) is 0 Å². The van der Waals surface area contributed by atoms with E-state index >= 15 is 0 Å². The maximum atomic E-state index is 13.8. The molecule has 7 nitrogen and oxygen atoms in total. The molecular weight excluding hydrogens is 397 g/mol. The number of benzene rings is 1. The largest absolute Gasteiger partial charge is 0.485 e. The summed E-state index contributed by atoms with van der Waals surface area (Å²) in [6.07, 6.45) is 9.16. The summed E-state index contributed by atoms with van der Waals surface area (Å²) in [4.78, 5) is 13.6. The van der Waals surface area contributed by atoms with Gasteiger partial charge in [0, 0.05) is 12.5 Å². The van der Waals surface area contributed by atoms with E-state index in [-0.39, 0.29) is 0 Å². The number of ether oxygens (including phenoxy) is 2. The van der Waals surface area contributed by atoms with E-state index in [1.165, 1.54) is 6.07 Å². The number of nitrogens with zero attached hydrogens (tertiary/aromatic N) is 5. The van der Waals surface area contributed by atoms with Gasteiger partial charge in [0.05, 0.1) is 12.4 Å². The summed E-state index contributed by atoms with van der Waals surface area (Å²) in [6, 6.07) is 11.2. The highest BCUT2D eigenvalue weighted by molar-refractivity contribution is 5.81. The van der Waals surface area contributed by atoms with E-state index in [9.17, 15) is 4.39 Å². The molecule has 1 aromatic carbocycles. The Balaban J connectivity index is 1.61. The second-order valence-corrected chi connectivity index (χ2v) is 7.16. The normalized spacial score (nSPS) is 14.7. The molecule has 5 rings (SSSR count). The molecule has 1 aliphatic rings. The molecule has 0 amide bonds. The van der Waals surface area contributed by atoms with Crippen molar-refractivity contribution in [3.8, 4) is 17.4 Å². The molecule has 0 saturated carbocycles. The Labute approximate surface area is 178 Å². The van der Waals surface area contributed by atoms with Gasteiger partial charge in [-0.25, -0.2) is 14.4 Å². The van der Waals surface area contributed by atoms with E-state index in [4.69, 9.17) is 14.5 Å². The molecule has 3 aromatic heterocycles. The van der Waals surface area contributed by atoms with Gasteiger partial charge in [0.25, 0.3) is 0 Å². The molecule has 0 atom stereocenters. The zero-order valence-corrected chi connectivity index (χ0v) is 16.7. The monoisotopic (exact) mass is 417 g/mol. The Hall–Kier alpha value is -3.81. The fourth-order valence-corrected chi connectivity index (χ4v) is 3.41. The molecule has 1 aliphatic heterocycles. The van der Waals surface area contributed by atoms with E-state index in [0.29, 0.717) is 53.9 Å². The lowest BCUT2D eigenvalue weighted by Gasteiger charge is -2.11. The zero-order chi connectivity index (χ0) is 21.0. The molecule has 2 bridgehead atoms. The Morgan fingerprint density at radius 1 is 1.10 bits per heavy atom. The fraction of sp³-hybridized carbons (Fsp3) is 0.217. The van der Waals surface area contributed by atoms with Gasteiger partial charge in [-0.1, -0.05) is 42.5 Å². The number of rotatable bonds is 3. The van der Waals surface area contributed by atoms with E-state index in [2.05, 4.69) is 15.1 Å². The molecule has 4 aromatic rings. The van der Waals surface area contributed by atoms with Crippen molar-refractivity contribution in [3.05, 3.63) is 78.1 Å². The first-order valence-corrected chi connectivity index (χ1v) is 10.1. The summed E-state index contributed by atoms with van der Waals surface area (Å²) < 4.78 is 27.2. The van der Waals surface area contributed by atoms with Crippen molar-refractivity contribution in [2.75, 3.05) is 6.61 Å². The quantitative estimate of drug-likeness (QED) is 0.465. The van der Waals surface area contributed by atoms with Gasteiger partial charge < -0.3 is 9.47 Å². The van der Waals surface area contributed by atoms with Crippen molar-refractivity contribution >= 4 is 11.0 Å². The van der Waals surface area contributed by atoms with Crippen molar-refractivity contribution in [3.63, 3.8) is 0 Å². The van der Waals surface area contributed by atoms with Gasteiger partial charge in [-0.2, -0.15) is 14.8 Å². The number of allylic oxidation sites excluding steroid dienone is 1. The molecule has 0 saturated heterocycles. The number of aryl methyl sites for hydroxylation is 1. The van der Waals surface area contributed by atoms with Crippen LogP contribution in [0.1, 0.15) is 24.2 Å². The molecule has 0 fully saturated rings. The van der Waals surface area contributed by atoms with Gasteiger partial charge in [0.15, 0.2) is 17.2 Å². The van der Waals surface area contributed by atoms with Gasteiger partial charge in [0.2, 0.25) is 5.88 Å². The molecule has 4 heterocycles. The van der Waals surface area contributed by atoms with Gasteiger partial charge in [-0.05, 0) is 18.4 Å². The number of pyridine rings is 1. The second kappa shape index (κ2) is 8.51. The lowest BCUT2D eigenvalue weighted by atomic mass is 10.2. The topological polar surface area (TPSA) is 75.0 Å². The molecule has 0 N–H and O–H groups in total. The standard InChI is InChI=1S/C23H20FN5O2/c24-17-12-19-22(25-13-17)29-21-18(14-26-29)23(31-15-16-8-4-3-5-9-16)28-20(27-21)10-6-1-2-7-11-30-19/h2-5,7-9,12-14H,1,6,10-11,15H2/b7-2-. The first-order valence-electron chi connectivity index (χ1n) is 10.1. The molecule has 31 heavy (non-hydrogen) atoms. The maximum absolute atomic E-state index is 13.8. The molecular formula is C23H20FN5O2. The molecule has 0 unspecified atom stereocenters. The highest BCUT2D eigenvalue weighted by atomic mass is 19.1. The Morgan fingerprint density at radius 2 is 2.00 bits per heavy atom. The Bertz CT molecular complexity index is 1240. The minimum Gasteiger partial charge on any atom is -0.485 e. The first-order chi connectivity index (χ1) is 15.3. The van der Waals surface area contributed by atoms with E-state index in [0.717, 1.165) is 24.6 Å². The van der Waals surface area contributed by atoms with Crippen LogP contribution in [-0.4, -0.2) is 31.3 Å². The van der Waals surface area contributed by atoms with Crippen LogP contribution in [-0.2, 0) is 13.0 Å². The Morgan fingerprint density at radius 3 is 2.90 bits per heavy atom. The van der Waals surface area contributed by atoms with E-state index in [1.54, 1.807) is 10.9 Å². The second-order valence-electron chi connectivity index (χ2n) is 7.16. The van der Waals surface area contributed by atoms with Gasteiger partial charge in [-0.15, -0.1) is 0 Å². The number of hydrogen-bond donors (Lipinski definition) is 0. The number of fused-ring (bicyclic) bond motifs is 3. The minimum atomic E-state index is -0.481. The third kappa shape index (κ3) is 4.09. The highest BCUT2D eigenvalue weighted by Crippen LogP contribution is 2.29. The summed E-state index contributed by atoms with van der Waals surface area (Å²) in [5, 5.41) is 5.10. The molecule has 0 spiro atoms. The van der Waals surface area contributed by atoms with E-state index < -0.39 is 5.82 Å². The van der Waals surface area contributed by atoms with Gasteiger partial charge >= 0.3 is 0 Å². The molecule has 8 heteroatoms. The number of hydrogen-bond acceptors (Lipinski definition) is 6. The number of aromatic nitrogens is 5. The first kappa shape index (κ1) is 19.2. The van der Waals surface area contributed by atoms with Crippen molar-refractivity contribution in [2.24, 2.45) is 0 Å². The summed E-state index contributed by atoms with van der Waals surface area (Å²) in [6.45, 7) is 0.695. The van der Waals surface area contributed by atoms with Crippen LogP contribution < -0.4 is 9.47 Å². The zero-order valence-electron chi connectivity index (χ0n) is 16.7. The van der Waals surface area contributed by atoms with Crippen LogP contribution in [0.15, 0.2) is 60.9 Å². The van der Waals surface area contributed by atoms with Crippen LogP contribution in [0, 0.1) is 5.82 Å². The fourth-order valence-electron chi connectivity index (χ4n) is 3.41. The van der Waals surface area contributed by atoms with Crippen LogP contribution >= 0.6 is 0 Å². The van der Waals surface area contributed by atoms with Crippen molar-refractivity contribution < 1.29 is 13.9 Å². The van der Waals surface area contributed by atoms with Crippen LogP contribution in [0.5, 0.6) is 11.6 Å². The summed E-state index contributed by atoms with van der Waals surface area (Å²) in [7, 11) is 0. The smallest absolute Gasteiger partial charge is 0.228 e. The SMILES string of the molecule is Fc1cnc2c(c1)OC/C=C\CCCc1nc(OCc3ccccc3)c3cnn-2c3n1. The van der Waals surface area contributed by atoms with Crippen LogP contribution in [0.2, 0.25) is 0 Å². The van der Waals surface area contributed by atoms with Crippen molar-refractivity contribution in [2.45, 2.75) is 25.9 Å². The maximum Gasteiger partial charge on any atom is 0.228 e. The Kier molecular flexibility index (Phi) is 5.26. The highest BCUT2D eigenvalue weighted by Gasteiger charge is 2.19. The average molecular weight is 417 g/mol. The molecule has 0 aliphatic carbocycles.